The third-order valence-corrected chi connectivity index (χ3v) is 3.74. The number of likely N-dealkylation sites (N-methyl/N-ethyl adjacent to an activating group) is 1. The third kappa shape index (κ3) is 5.06. The van der Waals surface area contributed by atoms with Crippen LogP contribution in [0.25, 0.3) is 0 Å². The second-order valence-electron chi connectivity index (χ2n) is 5.68. The fourth-order valence-electron chi connectivity index (χ4n) is 2.28. The number of rotatable bonds is 7. The fourth-order valence-corrected chi connectivity index (χ4v) is 2.28. The van der Waals surface area contributed by atoms with E-state index in [4.69, 9.17) is 14.8 Å². The van der Waals surface area contributed by atoms with Gasteiger partial charge in [0.25, 0.3) is 0 Å². The summed E-state index contributed by atoms with van der Waals surface area (Å²) in [7, 11) is 2.13. The number of nitrogens with zero attached hydrogens (tertiary/aromatic N) is 1. The van der Waals surface area contributed by atoms with Gasteiger partial charge in [0.2, 0.25) is 0 Å². The Hall–Kier alpha value is -1.89. The van der Waals surface area contributed by atoms with E-state index in [1.165, 1.54) is 23.8 Å². The molecule has 4 nitrogen and oxygen atoms in total. The van der Waals surface area contributed by atoms with E-state index in [1.54, 1.807) is 0 Å². The van der Waals surface area contributed by atoms with Gasteiger partial charge >= 0.3 is 7.12 Å². The van der Waals surface area contributed by atoms with Crippen molar-refractivity contribution in [1.82, 2.24) is 4.90 Å². The molecule has 0 fully saturated rings. The summed E-state index contributed by atoms with van der Waals surface area (Å²) in [6.45, 7) is 0.405. The van der Waals surface area contributed by atoms with E-state index in [2.05, 4.69) is 17.0 Å². The van der Waals surface area contributed by atoms with Crippen LogP contribution in [0.15, 0.2) is 48.5 Å². The Labute approximate surface area is 136 Å². The summed E-state index contributed by atoms with van der Waals surface area (Å²) in [5, 5.41) is 18.0. The van der Waals surface area contributed by atoms with Gasteiger partial charge in [0.15, 0.2) is 0 Å². The zero-order valence-corrected chi connectivity index (χ0v) is 13.3. The van der Waals surface area contributed by atoms with Gasteiger partial charge in [0.1, 0.15) is 18.2 Å². The fraction of sp³-hybridized carbons (Fsp3) is 0.294. The van der Waals surface area contributed by atoms with Crippen LogP contribution >= 0.6 is 0 Å². The lowest BCUT2D eigenvalue weighted by Crippen LogP contribution is -2.36. The molecule has 122 valence electrons. The minimum atomic E-state index is -1.82. The van der Waals surface area contributed by atoms with Crippen molar-refractivity contribution in [3.63, 3.8) is 0 Å². The minimum Gasteiger partial charge on any atom is -0.492 e. The van der Waals surface area contributed by atoms with Crippen molar-refractivity contribution in [2.45, 2.75) is 12.5 Å². The topological polar surface area (TPSA) is 52.9 Å². The van der Waals surface area contributed by atoms with Crippen molar-refractivity contribution in [2.75, 3.05) is 20.7 Å². The predicted octanol–water partition coefficient (Wildman–Crippen LogP) is 1.06. The second-order valence-corrected chi connectivity index (χ2v) is 5.68. The summed E-state index contributed by atoms with van der Waals surface area (Å²) in [6.07, 6.45) is 0.823. The van der Waals surface area contributed by atoms with Crippen molar-refractivity contribution in [1.29, 1.82) is 0 Å². The van der Waals surface area contributed by atoms with Crippen molar-refractivity contribution in [3.05, 3.63) is 59.9 Å². The van der Waals surface area contributed by atoms with Crippen molar-refractivity contribution in [2.24, 2.45) is 0 Å². The molecule has 0 heterocycles. The van der Waals surface area contributed by atoms with Gasteiger partial charge < -0.3 is 19.7 Å². The van der Waals surface area contributed by atoms with Gasteiger partial charge in [-0.3, -0.25) is 0 Å². The molecule has 0 aliphatic heterocycles. The molecule has 0 saturated heterocycles. The molecular weight excluding hydrogens is 296 g/mol. The molecule has 0 saturated carbocycles. The third-order valence-electron chi connectivity index (χ3n) is 3.74. The molecule has 0 spiro atoms. The van der Waals surface area contributed by atoms with Gasteiger partial charge in [-0.1, -0.05) is 36.4 Å². The number of hydrogen-bond donors (Lipinski definition) is 2. The number of hydrogen-bond acceptors (Lipinski definition) is 4. The Kier molecular flexibility index (Phi) is 6.16. The Bertz CT molecular complexity index is 622. The van der Waals surface area contributed by atoms with Crippen molar-refractivity contribution >= 4 is 12.6 Å². The molecule has 0 amide bonds. The van der Waals surface area contributed by atoms with Gasteiger partial charge in [-0.2, -0.15) is 0 Å². The van der Waals surface area contributed by atoms with Gasteiger partial charge in [0.05, 0.1) is 0 Å². The zero-order valence-electron chi connectivity index (χ0n) is 13.3. The maximum Gasteiger partial charge on any atom is 0.491 e. The van der Waals surface area contributed by atoms with Crippen LogP contribution in [-0.4, -0.2) is 48.8 Å². The highest BCUT2D eigenvalue weighted by Crippen LogP contribution is 2.14. The van der Waals surface area contributed by atoms with E-state index in [0.717, 1.165) is 6.42 Å². The highest BCUT2D eigenvalue weighted by Gasteiger charge is 2.18. The van der Waals surface area contributed by atoms with Gasteiger partial charge in [-0.15, -0.1) is 0 Å². The zero-order chi connectivity index (χ0) is 16.8. The van der Waals surface area contributed by atoms with Crippen LogP contribution < -0.4 is 10.2 Å². The predicted molar refractivity (Wildman–Crippen MR) is 89.3 cm³/mol. The normalized spacial score (nSPS) is 12.3. The maximum absolute atomic E-state index is 13.7. The quantitative estimate of drug-likeness (QED) is 0.750. The first-order chi connectivity index (χ1) is 11.0. The molecule has 0 aliphatic carbocycles. The molecule has 0 bridgehead atoms. The smallest absolute Gasteiger partial charge is 0.491 e. The summed E-state index contributed by atoms with van der Waals surface area (Å²) < 4.78 is 19.4. The standard InChI is InChI=1S/C17H21BFNO3/c1-20(2)14(10-13-6-4-3-5-7-13)12-23-15-8-9-16(18(21)22)17(19)11-15/h3-9,11,14,21-22H,10,12H2,1-2H3/t14-/m1/s1. The van der Waals surface area contributed by atoms with Gasteiger partial charge in [-0.25, -0.2) is 4.39 Å². The molecule has 2 N–H and O–H groups in total. The lowest BCUT2D eigenvalue weighted by molar-refractivity contribution is 0.184. The van der Waals surface area contributed by atoms with Crippen LogP contribution in [0.2, 0.25) is 0 Å². The van der Waals surface area contributed by atoms with E-state index in [0.29, 0.717) is 12.4 Å². The minimum absolute atomic E-state index is 0.142. The first kappa shape index (κ1) is 17.5. The largest absolute Gasteiger partial charge is 0.492 e. The summed E-state index contributed by atoms with van der Waals surface area (Å²) in [6, 6.07) is 14.3. The Balaban J connectivity index is 2.00. The Morgan fingerprint density at radius 3 is 2.39 bits per heavy atom. The lowest BCUT2D eigenvalue weighted by Gasteiger charge is -2.24. The van der Waals surface area contributed by atoms with E-state index >= 15 is 0 Å². The van der Waals surface area contributed by atoms with E-state index in [-0.39, 0.29) is 11.5 Å². The maximum atomic E-state index is 13.7. The highest BCUT2D eigenvalue weighted by atomic mass is 19.1. The van der Waals surface area contributed by atoms with Gasteiger partial charge in [-0.05, 0) is 32.1 Å². The van der Waals surface area contributed by atoms with E-state index < -0.39 is 12.9 Å². The first-order valence-corrected chi connectivity index (χ1v) is 7.46. The monoisotopic (exact) mass is 317 g/mol. The number of benzene rings is 2. The SMILES string of the molecule is CN(C)[C@@H](COc1ccc(B(O)O)c(F)c1)Cc1ccccc1. The van der Waals surface area contributed by atoms with Crippen molar-refractivity contribution < 1.29 is 19.2 Å². The second kappa shape index (κ2) is 8.10. The molecule has 0 radical (unpaired) electrons. The van der Waals surface area contributed by atoms with E-state index in [9.17, 15) is 4.39 Å². The van der Waals surface area contributed by atoms with Gasteiger partial charge in [0, 0.05) is 17.6 Å². The Morgan fingerprint density at radius 1 is 1.13 bits per heavy atom. The van der Waals surface area contributed by atoms with Crippen LogP contribution in [0, 0.1) is 5.82 Å². The Morgan fingerprint density at radius 2 is 1.83 bits per heavy atom. The molecule has 1 atom stereocenters. The molecule has 2 aromatic rings. The van der Waals surface area contributed by atoms with Crippen LogP contribution in [-0.2, 0) is 6.42 Å². The molecule has 2 rings (SSSR count). The molecule has 0 aliphatic rings. The van der Waals surface area contributed by atoms with Crippen LogP contribution in [0.3, 0.4) is 0 Å². The summed E-state index contributed by atoms with van der Waals surface area (Å²) in [5.41, 5.74) is 1.05. The van der Waals surface area contributed by atoms with Crippen LogP contribution in [0.5, 0.6) is 5.75 Å². The molecule has 2 aromatic carbocycles. The molecule has 0 unspecified atom stereocenters. The lowest BCUT2D eigenvalue weighted by atomic mass is 9.80. The summed E-state index contributed by atoms with van der Waals surface area (Å²) >= 11 is 0. The molecule has 23 heavy (non-hydrogen) atoms. The molecular formula is C17H21BFNO3. The molecule has 0 aromatic heterocycles. The van der Waals surface area contributed by atoms with Crippen molar-refractivity contribution in [3.8, 4) is 5.75 Å². The van der Waals surface area contributed by atoms with E-state index in [1.807, 2.05) is 32.3 Å². The van der Waals surface area contributed by atoms with Crippen LogP contribution in [0.4, 0.5) is 4.39 Å². The number of halogens is 1. The average molecular weight is 317 g/mol. The average Bonchev–Trinajstić information content (AvgIpc) is 2.51. The number of ether oxygens (including phenoxy) is 1. The molecule has 6 heteroatoms. The first-order valence-electron chi connectivity index (χ1n) is 7.46. The highest BCUT2D eigenvalue weighted by molar-refractivity contribution is 6.58. The summed E-state index contributed by atoms with van der Waals surface area (Å²) in [5.74, 6) is -0.325. The summed E-state index contributed by atoms with van der Waals surface area (Å²) in [4.78, 5) is 2.06. The van der Waals surface area contributed by atoms with Crippen LogP contribution in [0.1, 0.15) is 5.56 Å².